The molecular weight excluding hydrogens is 551 g/mol. The molecule has 0 aromatic heterocycles. The first-order valence-corrected chi connectivity index (χ1v) is 22.2. The van der Waals surface area contributed by atoms with E-state index in [2.05, 4.69) is 113 Å². The van der Waals surface area contributed by atoms with Crippen molar-refractivity contribution in [2.45, 2.75) is 86.5 Å². The Balaban J connectivity index is 2.05. The molecule has 37 heavy (non-hydrogen) atoms. The normalized spacial score (nSPS) is 14.5. The molecule has 0 unspecified atom stereocenters. The number of rotatable bonds is 12. The Kier molecular flexibility index (Phi) is 9.93. The van der Waals surface area contributed by atoms with Crippen LogP contribution in [0.5, 0.6) is 0 Å². The number of hydrogen-bond donors (Lipinski definition) is 0. The van der Waals surface area contributed by atoms with Crippen LogP contribution in [0.2, 0.25) is 13.3 Å². The third kappa shape index (κ3) is 6.33. The van der Waals surface area contributed by atoms with Gasteiger partial charge in [-0.1, -0.05) is 0 Å². The van der Waals surface area contributed by atoms with Gasteiger partial charge in [0.25, 0.3) is 0 Å². The average Bonchev–Trinajstić information content (AvgIpc) is 3.25. The van der Waals surface area contributed by atoms with Crippen molar-refractivity contribution in [3.05, 3.63) is 106 Å². The van der Waals surface area contributed by atoms with Crippen molar-refractivity contribution in [1.82, 2.24) is 0 Å². The fourth-order valence-corrected chi connectivity index (χ4v) is 23.9. The summed E-state index contributed by atoms with van der Waals surface area (Å²) in [7, 11) is 0. The molecule has 0 aliphatic heterocycles. The van der Waals surface area contributed by atoms with Gasteiger partial charge in [0.2, 0.25) is 0 Å². The molecule has 3 aromatic carbocycles. The van der Waals surface area contributed by atoms with Gasteiger partial charge < -0.3 is 0 Å². The first-order valence-electron chi connectivity index (χ1n) is 14.7. The van der Waals surface area contributed by atoms with E-state index in [0.29, 0.717) is 0 Å². The molecule has 1 aliphatic carbocycles. The summed E-state index contributed by atoms with van der Waals surface area (Å²) < 4.78 is 6.30. The summed E-state index contributed by atoms with van der Waals surface area (Å²) >= 11 is -2.78. The topological polar surface area (TPSA) is 0 Å². The van der Waals surface area contributed by atoms with E-state index >= 15 is 0 Å². The van der Waals surface area contributed by atoms with Gasteiger partial charge in [0.05, 0.1) is 0 Å². The van der Waals surface area contributed by atoms with Crippen molar-refractivity contribution in [3.8, 4) is 0 Å². The van der Waals surface area contributed by atoms with Gasteiger partial charge in [0.1, 0.15) is 0 Å². The SMILES string of the molecule is CCC[CH2][Sn]([CH2]CCC)([CH2]CCC)[C]1=C(c2ccc(C)cc2)/C(=C/c2ccc(C)cc2)c2ccccc21. The second-order valence-electron chi connectivity index (χ2n) is 11.2. The van der Waals surface area contributed by atoms with E-state index in [0.717, 1.165) is 0 Å². The van der Waals surface area contributed by atoms with Crippen LogP contribution in [-0.4, -0.2) is 18.4 Å². The fourth-order valence-electron chi connectivity index (χ4n) is 6.19. The number of allylic oxidation sites excluding steroid dienone is 2. The molecule has 0 heterocycles. The molecule has 0 spiro atoms. The number of benzene rings is 3. The second-order valence-corrected chi connectivity index (χ2v) is 24.2. The van der Waals surface area contributed by atoms with Crippen molar-refractivity contribution >= 4 is 39.2 Å². The molecule has 0 saturated carbocycles. The third-order valence-electron chi connectivity index (χ3n) is 8.29. The number of unbranched alkanes of at least 4 members (excludes halogenated alkanes) is 3. The van der Waals surface area contributed by atoms with Gasteiger partial charge in [-0.05, 0) is 0 Å². The maximum atomic E-state index is 2.48. The first-order chi connectivity index (χ1) is 18.0. The third-order valence-corrected chi connectivity index (χ3v) is 24.0. The van der Waals surface area contributed by atoms with Crippen LogP contribution >= 0.6 is 0 Å². The van der Waals surface area contributed by atoms with Crippen molar-refractivity contribution in [3.63, 3.8) is 0 Å². The molecule has 194 valence electrons. The average molecular weight is 597 g/mol. The Morgan fingerprint density at radius 1 is 0.595 bits per heavy atom. The molecule has 1 aliphatic rings. The van der Waals surface area contributed by atoms with Crippen LogP contribution < -0.4 is 0 Å². The van der Waals surface area contributed by atoms with Crippen LogP contribution in [0, 0.1) is 13.8 Å². The maximum absolute atomic E-state index is 2.78. The molecule has 0 nitrogen and oxygen atoms in total. The van der Waals surface area contributed by atoms with Crippen LogP contribution in [-0.2, 0) is 0 Å². The van der Waals surface area contributed by atoms with Crippen LogP contribution in [0.1, 0.15) is 92.7 Å². The second kappa shape index (κ2) is 13.1. The summed E-state index contributed by atoms with van der Waals surface area (Å²) in [6.45, 7) is 11.5. The number of hydrogen-bond acceptors (Lipinski definition) is 0. The molecule has 0 N–H and O–H groups in total. The Morgan fingerprint density at radius 2 is 1.08 bits per heavy atom. The van der Waals surface area contributed by atoms with Crippen LogP contribution in [0.4, 0.5) is 0 Å². The van der Waals surface area contributed by atoms with Crippen molar-refractivity contribution < 1.29 is 0 Å². The summed E-state index contributed by atoms with van der Waals surface area (Å²) in [5, 5.41) is 0. The van der Waals surface area contributed by atoms with E-state index in [9.17, 15) is 0 Å². The molecule has 0 amide bonds. The van der Waals surface area contributed by atoms with Gasteiger partial charge in [-0.3, -0.25) is 0 Å². The fraction of sp³-hybridized carbons (Fsp3) is 0.389. The molecule has 0 bridgehead atoms. The Bertz CT molecular complexity index is 1200. The van der Waals surface area contributed by atoms with Gasteiger partial charge in [-0.25, -0.2) is 0 Å². The Morgan fingerprint density at radius 3 is 1.59 bits per heavy atom. The Labute approximate surface area is 230 Å². The molecule has 0 radical (unpaired) electrons. The summed E-state index contributed by atoms with van der Waals surface area (Å²) in [5.74, 6) is 0. The van der Waals surface area contributed by atoms with Gasteiger partial charge in [-0.2, -0.15) is 0 Å². The van der Waals surface area contributed by atoms with E-state index in [1.807, 2.05) is 3.59 Å². The zero-order valence-corrected chi connectivity index (χ0v) is 26.7. The van der Waals surface area contributed by atoms with Crippen molar-refractivity contribution in [2.75, 3.05) is 0 Å². The summed E-state index contributed by atoms with van der Waals surface area (Å²) in [5.41, 5.74) is 11.4. The number of fused-ring (bicyclic) bond motifs is 1. The molecule has 4 rings (SSSR count). The first kappa shape index (κ1) is 28.0. The zero-order valence-electron chi connectivity index (χ0n) is 23.9. The molecule has 0 fully saturated rings. The standard InChI is InChI=1S/C24H19.3C4H9.Sn/c1-17-7-11-19(12-8-17)15-24-22-6-4-3-5-21(22)16-23(24)20-13-9-18(2)10-14-20;3*1-3-4-2;/h3-15H,1-2H3;3*1,3-4H2,2H3;/b24-15+;;;;. The molecule has 0 saturated heterocycles. The van der Waals surface area contributed by atoms with Gasteiger partial charge in [0, 0.05) is 0 Å². The minimum atomic E-state index is -2.78. The molecule has 1 heteroatoms. The van der Waals surface area contributed by atoms with E-state index < -0.39 is 18.4 Å². The summed E-state index contributed by atoms with van der Waals surface area (Å²) in [4.78, 5) is 0. The summed E-state index contributed by atoms with van der Waals surface area (Å²) in [6, 6.07) is 27.9. The van der Waals surface area contributed by atoms with Crippen LogP contribution in [0.25, 0.3) is 20.8 Å². The van der Waals surface area contributed by atoms with Crippen LogP contribution in [0.15, 0.2) is 72.8 Å². The number of aryl methyl sites for hydroxylation is 2. The van der Waals surface area contributed by atoms with E-state index in [4.69, 9.17) is 0 Å². The zero-order chi connectivity index (χ0) is 26.3. The molecular formula is C36H46Sn. The minimum absolute atomic E-state index is 1.30. The molecule has 0 atom stereocenters. The molecule has 3 aromatic rings. The van der Waals surface area contributed by atoms with Gasteiger partial charge in [0.15, 0.2) is 0 Å². The van der Waals surface area contributed by atoms with Crippen LogP contribution in [0.3, 0.4) is 0 Å². The Hall–Kier alpha value is -2.06. The van der Waals surface area contributed by atoms with E-state index in [1.165, 1.54) is 85.2 Å². The van der Waals surface area contributed by atoms with E-state index in [1.54, 1.807) is 11.1 Å². The predicted molar refractivity (Wildman–Crippen MR) is 168 cm³/mol. The van der Waals surface area contributed by atoms with E-state index in [-0.39, 0.29) is 0 Å². The monoisotopic (exact) mass is 598 g/mol. The summed E-state index contributed by atoms with van der Waals surface area (Å²) in [6.07, 6.45) is 10.5. The quantitative estimate of drug-likeness (QED) is 0.182. The van der Waals surface area contributed by atoms with Crippen molar-refractivity contribution in [1.29, 1.82) is 0 Å². The predicted octanol–water partition coefficient (Wildman–Crippen LogP) is 11.2. The van der Waals surface area contributed by atoms with Crippen molar-refractivity contribution in [2.24, 2.45) is 0 Å². The van der Waals surface area contributed by atoms with Gasteiger partial charge in [-0.15, -0.1) is 0 Å². The van der Waals surface area contributed by atoms with Gasteiger partial charge >= 0.3 is 232 Å².